The zero-order chi connectivity index (χ0) is 9.52. The van der Waals surface area contributed by atoms with Crippen molar-refractivity contribution in [2.24, 2.45) is 10.9 Å². The summed E-state index contributed by atoms with van der Waals surface area (Å²) in [7, 11) is 2.99. The van der Waals surface area contributed by atoms with Gasteiger partial charge in [0.1, 0.15) is 10.7 Å². The molecule has 0 radical (unpaired) electrons. The van der Waals surface area contributed by atoms with E-state index in [0.717, 1.165) is 5.75 Å². The summed E-state index contributed by atoms with van der Waals surface area (Å²) in [5, 5.41) is 3.52. The lowest BCUT2D eigenvalue weighted by molar-refractivity contribution is 1.12. The van der Waals surface area contributed by atoms with Crippen LogP contribution in [0.2, 0.25) is 0 Å². The Bertz CT molecular complexity index is 282. The van der Waals surface area contributed by atoms with E-state index in [9.17, 15) is 4.91 Å². The molecular weight excluding hydrogens is 206 g/mol. The van der Waals surface area contributed by atoms with Gasteiger partial charge in [-0.15, -0.1) is 4.91 Å². The van der Waals surface area contributed by atoms with Gasteiger partial charge >= 0.3 is 0 Å². The molecule has 0 saturated carbocycles. The highest BCUT2D eigenvalue weighted by atomic mass is 33.1. The fourth-order valence-electron chi connectivity index (χ4n) is 0.662. The largest absolute Gasteiger partial charge is 0.330 e. The molecule has 1 aromatic heterocycles. The highest BCUT2D eigenvalue weighted by Crippen LogP contribution is 2.34. The van der Waals surface area contributed by atoms with E-state index < -0.39 is 0 Å². The van der Waals surface area contributed by atoms with Crippen LogP contribution in [0.25, 0.3) is 0 Å². The molecule has 0 aromatic carbocycles. The van der Waals surface area contributed by atoms with Crippen LogP contribution in [-0.4, -0.2) is 17.3 Å². The van der Waals surface area contributed by atoms with Crippen LogP contribution in [0, 0.1) is 4.91 Å². The number of aromatic nitrogens is 1. The van der Waals surface area contributed by atoms with Crippen LogP contribution in [0.1, 0.15) is 0 Å². The lowest BCUT2D eigenvalue weighted by atomic mass is 10.4. The molecule has 0 amide bonds. The molecule has 0 bridgehead atoms. The standard InChI is InChI=1S/C7H9N3OS2/c8-3-5-12-13-7-6(10-11)2-1-4-9-7/h1-2,4H,3,5,8H2. The van der Waals surface area contributed by atoms with Crippen molar-refractivity contribution in [3.63, 3.8) is 0 Å². The van der Waals surface area contributed by atoms with Crippen molar-refractivity contribution in [2.75, 3.05) is 12.3 Å². The van der Waals surface area contributed by atoms with Crippen LogP contribution >= 0.6 is 21.6 Å². The number of nitrogens with zero attached hydrogens (tertiary/aromatic N) is 2. The molecular formula is C7H9N3OS2. The maximum absolute atomic E-state index is 10.3. The van der Waals surface area contributed by atoms with E-state index in [-0.39, 0.29) is 0 Å². The third kappa shape index (κ3) is 3.33. The summed E-state index contributed by atoms with van der Waals surface area (Å²) in [5.74, 6) is 0.833. The normalized spacial score (nSPS) is 9.92. The second-order valence-corrected chi connectivity index (χ2v) is 4.52. The Labute approximate surface area is 84.1 Å². The Morgan fingerprint density at radius 1 is 1.62 bits per heavy atom. The van der Waals surface area contributed by atoms with Crippen LogP contribution in [0.5, 0.6) is 0 Å². The fourth-order valence-corrected chi connectivity index (χ4v) is 2.51. The zero-order valence-corrected chi connectivity index (χ0v) is 8.48. The second-order valence-electron chi connectivity index (χ2n) is 2.11. The smallest absolute Gasteiger partial charge is 0.141 e. The van der Waals surface area contributed by atoms with Gasteiger partial charge in [-0.3, -0.25) is 0 Å². The number of nitroso groups, excluding NO2 is 1. The van der Waals surface area contributed by atoms with E-state index in [0.29, 0.717) is 17.3 Å². The Kier molecular flexibility index (Phi) is 4.81. The van der Waals surface area contributed by atoms with Crippen molar-refractivity contribution in [1.82, 2.24) is 4.98 Å². The molecule has 0 fully saturated rings. The predicted molar refractivity (Wildman–Crippen MR) is 57.1 cm³/mol. The van der Waals surface area contributed by atoms with Gasteiger partial charge in [0.05, 0.1) is 0 Å². The molecule has 0 saturated heterocycles. The first kappa shape index (κ1) is 10.5. The molecule has 1 aromatic rings. The van der Waals surface area contributed by atoms with Gasteiger partial charge in [-0.25, -0.2) is 4.98 Å². The second kappa shape index (κ2) is 5.95. The monoisotopic (exact) mass is 215 g/mol. The zero-order valence-electron chi connectivity index (χ0n) is 6.84. The van der Waals surface area contributed by atoms with Crippen molar-refractivity contribution in [2.45, 2.75) is 5.03 Å². The van der Waals surface area contributed by atoms with Crippen LogP contribution in [0.15, 0.2) is 28.5 Å². The maximum Gasteiger partial charge on any atom is 0.141 e. The average Bonchev–Trinajstić information content (AvgIpc) is 2.19. The summed E-state index contributed by atoms with van der Waals surface area (Å²) in [5.41, 5.74) is 5.71. The molecule has 0 unspecified atom stereocenters. The van der Waals surface area contributed by atoms with Crippen molar-refractivity contribution >= 4 is 27.3 Å². The highest BCUT2D eigenvalue weighted by molar-refractivity contribution is 8.76. The average molecular weight is 215 g/mol. The van der Waals surface area contributed by atoms with E-state index in [4.69, 9.17) is 5.73 Å². The molecule has 0 spiro atoms. The quantitative estimate of drug-likeness (QED) is 0.463. The van der Waals surface area contributed by atoms with E-state index in [1.54, 1.807) is 29.1 Å². The lowest BCUT2D eigenvalue weighted by Crippen LogP contribution is -1.99. The first-order valence-corrected chi connectivity index (χ1v) is 5.98. The van der Waals surface area contributed by atoms with Gasteiger partial charge in [-0.2, -0.15) is 0 Å². The molecule has 0 aliphatic carbocycles. The number of nitrogens with two attached hydrogens (primary N) is 1. The summed E-state index contributed by atoms with van der Waals surface area (Å²) in [4.78, 5) is 14.4. The van der Waals surface area contributed by atoms with Crippen molar-refractivity contribution in [3.8, 4) is 0 Å². The summed E-state index contributed by atoms with van der Waals surface area (Å²) >= 11 is 0. The Morgan fingerprint density at radius 3 is 3.15 bits per heavy atom. The van der Waals surface area contributed by atoms with E-state index in [1.165, 1.54) is 10.8 Å². The van der Waals surface area contributed by atoms with Gasteiger partial charge in [0.15, 0.2) is 0 Å². The molecule has 13 heavy (non-hydrogen) atoms. The van der Waals surface area contributed by atoms with Crippen molar-refractivity contribution in [3.05, 3.63) is 23.2 Å². The van der Waals surface area contributed by atoms with Crippen molar-refractivity contribution in [1.29, 1.82) is 0 Å². The Hall–Kier alpha value is -0.590. The number of hydrogen-bond donors (Lipinski definition) is 1. The van der Waals surface area contributed by atoms with Gasteiger partial charge in [0.2, 0.25) is 0 Å². The first-order valence-electron chi connectivity index (χ1n) is 3.66. The first-order chi connectivity index (χ1) is 6.38. The Morgan fingerprint density at radius 2 is 2.46 bits per heavy atom. The van der Waals surface area contributed by atoms with Crippen LogP contribution < -0.4 is 5.73 Å². The maximum atomic E-state index is 10.3. The SMILES string of the molecule is NCCSSc1ncccc1N=O. The molecule has 0 aliphatic rings. The molecule has 0 atom stereocenters. The van der Waals surface area contributed by atoms with Crippen LogP contribution in [-0.2, 0) is 0 Å². The van der Waals surface area contributed by atoms with Gasteiger partial charge in [-0.1, -0.05) is 10.8 Å². The molecule has 1 rings (SSSR count). The molecule has 1 heterocycles. The summed E-state index contributed by atoms with van der Waals surface area (Å²) in [6.07, 6.45) is 1.64. The summed E-state index contributed by atoms with van der Waals surface area (Å²) in [6, 6.07) is 3.33. The topological polar surface area (TPSA) is 68.3 Å². The third-order valence-corrected chi connectivity index (χ3v) is 3.51. The molecule has 2 N–H and O–H groups in total. The molecule has 6 heteroatoms. The van der Waals surface area contributed by atoms with Gasteiger partial charge in [-0.05, 0) is 28.1 Å². The highest BCUT2D eigenvalue weighted by Gasteiger charge is 2.03. The van der Waals surface area contributed by atoms with Crippen molar-refractivity contribution < 1.29 is 0 Å². The molecule has 4 nitrogen and oxygen atoms in total. The van der Waals surface area contributed by atoms with E-state index in [2.05, 4.69) is 10.2 Å². The van der Waals surface area contributed by atoms with Gasteiger partial charge < -0.3 is 5.73 Å². The minimum Gasteiger partial charge on any atom is -0.330 e. The minimum absolute atomic E-state index is 0.386. The minimum atomic E-state index is 0.386. The van der Waals surface area contributed by atoms with E-state index >= 15 is 0 Å². The molecule has 70 valence electrons. The summed E-state index contributed by atoms with van der Waals surface area (Å²) < 4.78 is 0. The Balaban J connectivity index is 2.59. The summed E-state index contributed by atoms with van der Waals surface area (Å²) in [6.45, 7) is 0.619. The number of rotatable bonds is 5. The predicted octanol–water partition coefficient (Wildman–Crippen LogP) is 2.18. The molecule has 0 aliphatic heterocycles. The van der Waals surface area contributed by atoms with Gasteiger partial charge in [0.25, 0.3) is 0 Å². The number of hydrogen-bond acceptors (Lipinski definition) is 6. The van der Waals surface area contributed by atoms with Crippen LogP contribution in [0.3, 0.4) is 0 Å². The van der Waals surface area contributed by atoms with Gasteiger partial charge in [0, 0.05) is 18.5 Å². The van der Waals surface area contributed by atoms with Crippen LogP contribution in [0.4, 0.5) is 5.69 Å². The van der Waals surface area contributed by atoms with E-state index in [1.807, 2.05) is 0 Å². The number of pyridine rings is 1. The fraction of sp³-hybridized carbons (Fsp3) is 0.286. The lowest BCUT2D eigenvalue weighted by Gasteiger charge is -1.99. The third-order valence-electron chi connectivity index (χ3n) is 1.19.